The van der Waals surface area contributed by atoms with Gasteiger partial charge in [0.2, 0.25) is 10.0 Å². The third-order valence-electron chi connectivity index (χ3n) is 4.23. The van der Waals surface area contributed by atoms with Crippen LogP contribution in [-0.4, -0.2) is 36.8 Å². The number of nitro groups is 1. The van der Waals surface area contributed by atoms with E-state index in [1.807, 2.05) is 0 Å². The van der Waals surface area contributed by atoms with Gasteiger partial charge in [0.15, 0.2) is 0 Å². The summed E-state index contributed by atoms with van der Waals surface area (Å²) < 4.78 is 27.2. The molecule has 130 valence electrons. The van der Waals surface area contributed by atoms with E-state index in [1.165, 1.54) is 29.4 Å². The third-order valence-corrected chi connectivity index (χ3v) is 6.33. The van der Waals surface area contributed by atoms with Crippen LogP contribution in [0.1, 0.15) is 25.3 Å². The first-order chi connectivity index (χ1) is 10.3. The Morgan fingerprint density at radius 3 is 2.65 bits per heavy atom. The van der Waals surface area contributed by atoms with Crippen molar-refractivity contribution < 1.29 is 13.3 Å². The predicted octanol–water partition coefficient (Wildman–Crippen LogP) is 2.07. The number of piperidine rings is 1. The van der Waals surface area contributed by atoms with Gasteiger partial charge in [-0.15, -0.1) is 12.4 Å². The van der Waals surface area contributed by atoms with E-state index in [-0.39, 0.29) is 41.1 Å². The van der Waals surface area contributed by atoms with Gasteiger partial charge in [0.05, 0.1) is 9.82 Å². The number of nitrogens with zero attached hydrogens (tertiary/aromatic N) is 2. The molecule has 1 aliphatic rings. The highest BCUT2D eigenvalue weighted by Gasteiger charge is 2.36. The first-order valence-corrected chi connectivity index (χ1v) is 8.69. The molecule has 0 aliphatic carbocycles. The fourth-order valence-corrected chi connectivity index (χ4v) is 4.87. The average Bonchev–Trinajstić information content (AvgIpc) is 2.46. The van der Waals surface area contributed by atoms with E-state index in [9.17, 15) is 18.5 Å². The normalized spacial score (nSPS) is 22.4. The number of rotatable bonds is 4. The molecule has 1 aromatic carbocycles. The molecule has 0 aromatic heterocycles. The number of benzene rings is 1. The maximum absolute atomic E-state index is 12.9. The first kappa shape index (κ1) is 19.8. The molecule has 0 bridgehead atoms. The van der Waals surface area contributed by atoms with E-state index in [4.69, 9.17) is 5.73 Å². The second-order valence-corrected chi connectivity index (χ2v) is 7.65. The lowest BCUT2D eigenvalue weighted by molar-refractivity contribution is -0.385. The van der Waals surface area contributed by atoms with Crippen molar-refractivity contribution in [2.24, 2.45) is 11.7 Å². The van der Waals surface area contributed by atoms with Gasteiger partial charge < -0.3 is 5.73 Å². The zero-order valence-corrected chi connectivity index (χ0v) is 14.8. The van der Waals surface area contributed by atoms with Crippen molar-refractivity contribution in [3.8, 4) is 0 Å². The minimum Gasteiger partial charge on any atom is -0.329 e. The van der Waals surface area contributed by atoms with Crippen molar-refractivity contribution >= 4 is 28.1 Å². The highest BCUT2D eigenvalue weighted by atomic mass is 35.5. The SMILES string of the molecule is Cc1c([N+](=O)[O-])cccc1S(=O)(=O)N1CCC(C)CC1CN.Cl. The zero-order chi connectivity index (χ0) is 16.5. The van der Waals surface area contributed by atoms with Gasteiger partial charge in [0, 0.05) is 30.8 Å². The summed E-state index contributed by atoms with van der Waals surface area (Å²) in [4.78, 5) is 10.5. The van der Waals surface area contributed by atoms with Crippen molar-refractivity contribution in [2.75, 3.05) is 13.1 Å². The van der Waals surface area contributed by atoms with Crippen LogP contribution >= 0.6 is 12.4 Å². The Balaban J connectivity index is 0.00000264. The van der Waals surface area contributed by atoms with Gasteiger partial charge in [-0.2, -0.15) is 4.31 Å². The summed E-state index contributed by atoms with van der Waals surface area (Å²) in [7, 11) is -3.78. The number of sulfonamides is 1. The van der Waals surface area contributed by atoms with E-state index in [2.05, 4.69) is 6.92 Å². The van der Waals surface area contributed by atoms with Crippen LogP contribution in [0.4, 0.5) is 5.69 Å². The Morgan fingerprint density at radius 1 is 1.43 bits per heavy atom. The van der Waals surface area contributed by atoms with Crippen molar-refractivity contribution in [1.82, 2.24) is 4.31 Å². The van der Waals surface area contributed by atoms with Gasteiger partial charge in [-0.05, 0) is 31.7 Å². The van der Waals surface area contributed by atoms with Gasteiger partial charge in [-0.3, -0.25) is 10.1 Å². The molecular formula is C14H22ClN3O4S. The Kier molecular flexibility index (Phi) is 6.52. The van der Waals surface area contributed by atoms with E-state index >= 15 is 0 Å². The maximum Gasteiger partial charge on any atom is 0.273 e. The predicted molar refractivity (Wildman–Crippen MR) is 90.2 cm³/mol. The molecule has 1 saturated heterocycles. The van der Waals surface area contributed by atoms with Crippen LogP contribution in [-0.2, 0) is 10.0 Å². The van der Waals surface area contributed by atoms with Crippen LogP contribution in [0, 0.1) is 23.0 Å². The molecule has 0 spiro atoms. The lowest BCUT2D eigenvalue weighted by Gasteiger charge is -2.37. The standard InChI is InChI=1S/C14H21N3O4S.ClH/c1-10-6-7-16(12(8-10)9-15)22(20,21)14-5-3-4-13(11(14)2)17(18)19;/h3-5,10,12H,6-9,15H2,1-2H3;1H. The Bertz CT molecular complexity index is 681. The second-order valence-electron chi connectivity index (χ2n) is 5.79. The maximum atomic E-state index is 12.9. The van der Waals surface area contributed by atoms with E-state index < -0.39 is 14.9 Å². The minimum absolute atomic E-state index is 0. The quantitative estimate of drug-likeness (QED) is 0.651. The number of nitro benzene ring substituents is 1. The van der Waals surface area contributed by atoms with E-state index in [0.29, 0.717) is 18.9 Å². The lowest BCUT2D eigenvalue weighted by Crippen LogP contribution is -2.49. The summed E-state index contributed by atoms with van der Waals surface area (Å²) >= 11 is 0. The van der Waals surface area contributed by atoms with E-state index in [0.717, 1.165) is 6.42 Å². The van der Waals surface area contributed by atoms with Gasteiger partial charge in [-0.25, -0.2) is 8.42 Å². The molecule has 0 amide bonds. The molecule has 1 aliphatic heterocycles. The number of nitrogens with two attached hydrogens (primary N) is 1. The molecule has 2 atom stereocenters. The molecule has 1 aromatic rings. The molecular weight excluding hydrogens is 342 g/mol. The van der Waals surface area contributed by atoms with Crippen LogP contribution < -0.4 is 5.73 Å². The zero-order valence-electron chi connectivity index (χ0n) is 13.1. The molecule has 9 heteroatoms. The molecule has 23 heavy (non-hydrogen) atoms. The fourth-order valence-electron chi connectivity index (χ4n) is 2.97. The number of hydrogen-bond acceptors (Lipinski definition) is 5. The highest BCUT2D eigenvalue weighted by molar-refractivity contribution is 7.89. The number of hydrogen-bond donors (Lipinski definition) is 1. The summed E-state index contributed by atoms with van der Waals surface area (Å²) in [5.74, 6) is 0.422. The monoisotopic (exact) mass is 363 g/mol. The Hall–Kier alpha value is -1.22. The third kappa shape index (κ3) is 3.82. The van der Waals surface area contributed by atoms with Crippen molar-refractivity contribution in [3.63, 3.8) is 0 Å². The molecule has 2 rings (SSSR count). The van der Waals surface area contributed by atoms with Gasteiger partial charge in [0.1, 0.15) is 0 Å². The van der Waals surface area contributed by atoms with Crippen LogP contribution in [0.15, 0.2) is 23.1 Å². The molecule has 1 fully saturated rings. The topological polar surface area (TPSA) is 107 Å². The average molecular weight is 364 g/mol. The summed E-state index contributed by atoms with van der Waals surface area (Å²) in [6.07, 6.45) is 1.48. The Morgan fingerprint density at radius 2 is 2.09 bits per heavy atom. The molecule has 7 nitrogen and oxygen atoms in total. The van der Waals surface area contributed by atoms with Crippen molar-refractivity contribution in [2.45, 2.75) is 37.6 Å². The summed E-state index contributed by atoms with van der Waals surface area (Å²) in [6.45, 7) is 4.19. The smallest absolute Gasteiger partial charge is 0.273 e. The van der Waals surface area contributed by atoms with Crippen molar-refractivity contribution in [1.29, 1.82) is 0 Å². The molecule has 2 unspecified atom stereocenters. The second kappa shape index (κ2) is 7.57. The van der Waals surface area contributed by atoms with Crippen LogP contribution in [0.25, 0.3) is 0 Å². The highest BCUT2D eigenvalue weighted by Crippen LogP contribution is 2.31. The van der Waals surface area contributed by atoms with Crippen LogP contribution in [0.2, 0.25) is 0 Å². The number of halogens is 1. The van der Waals surface area contributed by atoms with E-state index in [1.54, 1.807) is 0 Å². The molecule has 2 N–H and O–H groups in total. The largest absolute Gasteiger partial charge is 0.329 e. The molecule has 1 heterocycles. The molecule has 0 saturated carbocycles. The van der Waals surface area contributed by atoms with Crippen LogP contribution in [0.3, 0.4) is 0 Å². The summed E-state index contributed by atoms with van der Waals surface area (Å²) in [5, 5.41) is 11.0. The first-order valence-electron chi connectivity index (χ1n) is 7.25. The summed E-state index contributed by atoms with van der Waals surface area (Å²) in [6, 6.07) is 3.88. The van der Waals surface area contributed by atoms with Crippen LogP contribution in [0.5, 0.6) is 0 Å². The van der Waals surface area contributed by atoms with Gasteiger partial charge >= 0.3 is 0 Å². The fraction of sp³-hybridized carbons (Fsp3) is 0.571. The van der Waals surface area contributed by atoms with Crippen molar-refractivity contribution in [3.05, 3.63) is 33.9 Å². The Labute approximate surface area is 142 Å². The lowest BCUT2D eigenvalue weighted by atomic mass is 9.94. The minimum atomic E-state index is -3.78. The molecule has 0 radical (unpaired) electrons. The van der Waals surface area contributed by atoms with Gasteiger partial charge in [0.25, 0.3) is 5.69 Å². The summed E-state index contributed by atoms with van der Waals surface area (Å²) in [5.41, 5.74) is 5.72. The van der Waals surface area contributed by atoms with Gasteiger partial charge in [-0.1, -0.05) is 13.0 Å².